The van der Waals surface area contributed by atoms with Gasteiger partial charge in [-0.2, -0.15) is 0 Å². The lowest BCUT2D eigenvalue weighted by atomic mass is 10.3. The molecule has 0 saturated heterocycles. The van der Waals surface area contributed by atoms with E-state index in [9.17, 15) is 4.79 Å². The highest BCUT2D eigenvalue weighted by atomic mass is 79.9. The first kappa shape index (κ1) is 13.3. The zero-order valence-corrected chi connectivity index (χ0v) is 11.4. The first-order chi connectivity index (χ1) is 7.54. The summed E-state index contributed by atoms with van der Waals surface area (Å²) in [7, 11) is 1.84. The molecular formula is C11H17BrN2O2. The Balaban J connectivity index is 2.50. The van der Waals surface area contributed by atoms with Crippen molar-refractivity contribution in [1.82, 2.24) is 9.88 Å². The van der Waals surface area contributed by atoms with E-state index >= 15 is 0 Å². The summed E-state index contributed by atoms with van der Waals surface area (Å²) in [5.41, 5.74) is 0.635. The third-order valence-corrected chi connectivity index (χ3v) is 2.64. The molecule has 0 bridgehead atoms. The van der Waals surface area contributed by atoms with E-state index in [1.807, 2.05) is 27.1 Å². The van der Waals surface area contributed by atoms with Gasteiger partial charge in [0.05, 0.1) is 6.10 Å². The van der Waals surface area contributed by atoms with E-state index in [2.05, 4.69) is 21.2 Å². The second-order valence-electron chi connectivity index (χ2n) is 3.63. The van der Waals surface area contributed by atoms with Gasteiger partial charge in [0.1, 0.15) is 5.69 Å². The average Bonchev–Trinajstić information content (AvgIpc) is 2.55. The number of carbonyl (C=O) groups excluding carboxylic acids is 1. The van der Waals surface area contributed by atoms with Crippen molar-refractivity contribution in [2.24, 2.45) is 7.05 Å². The smallest absolute Gasteiger partial charge is 0.268 e. The molecule has 0 radical (unpaired) electrons. The first-order valence-electron chi connectivity index (χ1n) is 5.26. The Morgan fingerprint density at radius 3 is 2.88 bits per heavy atom. The van der Waals surface area contributed by atoms with Crippen molar-refractivity contribution in [3.8, 4) is 0 Å². The Labute approximate surface area is 104 Å². The van der Waals surface area contributed by atoms with Crippen LogP contribution in [0, 0.1) is 0 Å². The maximum absolute atomic E-state index is 11.8. The van der Waals surface area contributed by atoms with Crippen molar-refractivity contribution < 1.29 is 9.53 Å². The van der Waals surface area contributed by atoms with E-state index in [1.54, 1.807) is 10.6 Å². The third-order valence-electron chi connectivity index (χ3n) is 2.21. The van der Waals surface area contributed by atoms with Crippen molar-refractivity contribution in [3.05, 3.63) is 22.4 Å². The third kappa shape index (κ3) is 3.64. The fourth-order valence-corrected chi connectivity index (χ4v) is 1.94. The van der Waals surface area contributed by atoms with Gasteiger partial charge < -0.3 is 14.6 Å². The molecule has 16 heavy (non-hydrogen) atoms. The van der Waals surface area contributed by atoms with Gasteiger partial charge in [0.25, 0.3) is 5.91 Å². The van der Waals surface area contributed by atoms with Crippen LogP contribution in [0.25, 0.3) is 0 Å². The standard InChI is InChI=1S/C11H17BrN2O2/c1-4-16-8(2)6-13-11(15)10-5-9(12)7-14(10)3/h5,7-8H,4,6H2,1-3H3,(H,13,15). The molecule has 0 aliphatic carbocycles. The highest BCUT2D eigenvalue weighted by Crippen LogP contribution is 2.13. The van der Waals surface area contributed by atoms with Crippen LogP contribution in [-0.4, -0.2) is 29.7 Å². The van der Waals surface area contributed by atoms with Crippen LogP contribution in [0.4, 0.5) is 0 Å². The van der Waals surface area contributed by atoms with Gasteiger partial charge in [-0.25, -0.2) is 0 Å². The zero-order chi connectivity index (χ0) is 12.1. The molecular weight excluding hydrogens is 272 g/mol. The molecule has 1 aromatic heterocycles. The van der Waals surface area contributed by atoms with Gasteiger partial charge in [0, 0.05) is 30.9 Å². The van der Waals surface area contributed by atoms with Crippen molar-refractivity contribution in [3.63, 3.8) is 0 Å². The number of aromatic nitrogens is 1. The topological polar surface area (TPSA) is 43.3 Å². The van der Waals surface area contributed by atoms with Crippen LogP contribution in [0.1, 0.15) is 24.3 Å². The maximum atomic E-state index is 11.8. The molecule has 0 aromatic carbocycles. The first-order valence-corrected chi connectivity index (χ1v) is 6.05. The SMILES string of the molecule is CCOC(C)CNC(=O)c1cc(Br)cn1C. The largest absolute Gasteiger partial charge is 0.377 e. The van der Waals surface area contributed by atoms with Crippen molar-refractivity contribution >= 4 is 21.8 Å². The lowest BCUT2D eigenvalue weighted by Gasteiger charge is -2.12. The van der Waals surface area contributed by atoms with E-state index in [0.717, 1.165) is 4.47 Å². The molecule has 0 fully saturated rings. The zero-order valence-electron chi connectivity index (χ0n) is 9.79. The van der Waals surface area contributed by atoms with Crippen molar-refractivity contribution in [1.29, 1.82) is 0 Å². The van der Waals surface area contributed by atoms with Crippen LogP contribution >= 0.6 is 15.9 Å². The molecule has 4 nitrogen and oxygen atoms in total. The number of rotatable bonds is 5. The number of hydrogen-bond donors (Lipinski definition) is 1. The molecule has 0 saturated carbocycles. The lowest BCUT2D eigenvalue weighted by Crippen LogP contribution is -2.33. The number of amides is 1. The maximum Gasteiger partial charge on any atom is 0.268 e. The predicted molar refractivity (Wildman–Crippen MR) is 66.5 cm³/mol. The second kappa shape index (κ2) is 6.06. The molecule has 1 aromatic rings. The van der Waals surface area contributed by atoms with E-state index in [-0.39, 0.29) is 12.0 Å². The molecule has 0 spiro atoms. The molecule has 0 aliphatic heterocycles. The van der Waals surface area contributed by atoms with E-state index in [0.29, 0.717) is 18.8 Å². The van der Waals surface area contributed by atoms with Crippen molar-refractivity contribution in [2.75, 3.05) is 13.2 Å². The Bertz CT molecular complexity index is 363. The summed E-state index contributed by atoms with van der Waals surface area (Å²) >= 11 is 3.33. The van der Waals surface area contributed by atoms with Crippen LogP contribution in [0.3, 0.4) is 0 Å². The molecule has 1 N–H and O–H groups in total. The Hall–Kier alpha value is -0.810. The number of carbonyl (C=O) groups is 1. The molecule has 90 valence electrons. The summed E-state index contributed by atoms with van der Waals surface area (Å²) in [4.78, 5) is 11.8. The van der Waals surface area contributed by atoms with Crippen LogP contribution < -0.4 is 5.32 Å². The quantitative estimate of drug-likeness (QED) is 0.900. The molecule has 1 atom stereocenters. The van der Waals surface area contributed by atoms with Gasteiger partial charge in [0.15, 0.2) is 0 Å². The summed E-state index contributed by atoms with van der Waals surface area (Å²) in [6, 6.07) is 1.79. The van der Waals surface area contributed by atoms with Crippen LogP contribution in [0.5, 0.6) is 0 Å². The summed E-state index contributed by atoms with van der Waals surface area (Å²) in [6.07, 6.45) is 1.89. The van der Waals surface area contributed by atoms with Gasteiger partial charge in [-0.1, -0.05) is 0 Å². The minimum atomic E-state index is -0.0836. The Morgan fingerprint density at radius 1 is 1.69 bits per heavy atom. The number of aryl methyl sites for hydroxylation is 1. The minimum absolute atomic E-state index is 0.0395. The lowest BCUT2D eigenvalue weighted by molar-refractivity contribution is 0.0692. The van der Waals surface area contributed by atoms with Gasteiger partial charge in [-0.3, -0.25) is 4.79 Å². The molecule has 1 rings (SSSR count). The van der Waals surface area contributed by atoms with Crippen LogP contribution in [-0.2, 0) is 11.8 Å². The number of nitrogens with zero attached hydrogens (tertiary/aromatic N) is 1. The number of halogens is 1. The fourth-order valence-electron chi connectivity index (χ4n) is 1.42. The van der Waals surface area contributed by atoms with Crippen LogP contribution in [0.2, 0.25) is 0 Å². The normalized spacial score (nSPS) is 12.5. The summed E-state index contributed by atoms with van der Waals surface area (Å²) in [6.45, 7) is 5.06. The summed E-state index contributed by atoms with van der Waals surface area (Å²) in [5.74, 6) is -0.0836. The summed E-state index contributed by atoms with van der Waals surface area (Å²) in [5, 5.41) is 2.83. The monoisotopic (exact) mass is 288 g/mol. The second-order valence-corrected chi connectivity index (χ2v) is 4.55. The Morgan fingerprint density at radius 2 is 2.38 bits per heavy atom. The highest BCUT2D eigenvalue weighted by Gasteiger charge is 2.11. The van der Waals surface area contributed by atoms with E-state index in [4.69, 9.17) is 4.74 Å². The molecule has 0 aliphatic rings. The molecule has 1 unspecified atom stereocenters. The fraction of sp³-hybridized carbons (Fsp3) is 0.545. The van der Waals surface area contributed by atoms with E-state index in [1.165, 1.54) is 0 Å². The number of ether oxygens (including phenoxy) is 1. The molecule has 1 heterocycles. The van der Waals surface area contributed by atoms with Crippen LogP contribution in [0.15, 0.2) is 16.7 Å². The number of nitrogens with one attached hydrogen (secondary N) is 1. The number of hydrogen-bond acceptors (Lipinski definition) is 2. The van der Waals surface area contributed by atoms with Gasteiger partial charge in [-0.05, 0) is 35.8 Å². The van der Waals surface area contributed by atoms with Gasteiger partial charge in [-0.15, -0.1) is 0 Å². The van der Waals surface area contributed by atoms with E-state index < -0.39 is 0 Å². The summed E-state index contributed by atoms with van der Waals surface area (Å²) < 4.78 is 8.02. The van der Waals surface area contributed by atoms with Gasteiger partial charge in [0.2, 0.25) is 0 Å². The average molecular weight is 289 g/mol. The minimum Gasteiger partial charge on any atom is -0.377 e. The van der Waals surface area contributed by atoms with Crippen molar-refractivity contribution in [2.45, 2.75) is 20.0 Å². The highest BCUT2D eigenvalue weighted by molar-refractivity contribution is 9.10. The Kier molecular flexibility index (Phi) is 5.02. The van der Waals surface area contributed by atoms with Gasteiger partial charge >= 0.3 is 0 Å². The molecule has 5 heteroatoms. The predicted octanol–water partition coefficient (Wildman–Crippen LogP) is 1.94. The molecule has 1 amide bonds.